The van der Waals surface area contributed by atoms with Gasteiger partial charge < -0.3 is 4.74 Å². The van der Waals surface area contributed by atoms with Crippen LogP contribution in [0.25, 0.3) is 0 Å². The van der Waals surface area contributed by atoms with Gasteiger partial charge in [0, 0.05) is 10.6 Å². The van der Waals surface area contributed by atoms with Crippen molar-refractivity contribution < 1.29 is 4.74 Å². The minimum Gasteiger partial charge on any atom is -0.457 e. The molecule has 0 fully saturated rings. The van der Waals surface area contributed by atoms with Gasteiger partial charge in [0.25, 0.3) is 0 Å². The van der Waals surface area contributed by atoms with Crippen molar-refractivity contribution in [2.45, 2.75) is 20.3 Å². The van der Waals surface area contributed by atoms with Crippen molar-refractivity contribution in [2.75, 3.05) is 0 Å². The topological polar surface area (TPSA) is 33.0 Å². The maximum absolute atomic E-state index is 8.72. The second-order valence-corrected chi connectivity index (χ2v) is 3.94. The number of nitriles is 1. The lowest BCUT2D eigenvalue weighted by molar-refractivity contribution is 0.478. The van der Waals surface area contributed by atoms with Crippen LogP contribution in [0.2, 0.25) is 5.02 Å². The lowest BCUT2D eigenvalue weighted by atomic mass is 10.1. The molecule has 0 amide bonds. The van der Waals surface area contributed by atoms with Crippen molar-refractivity contribution in [3.05, 3.63) is 59.1 Å². The van der Waals surface area contributed by atoms with Gasteiger partial charge >= 0.3 is 0 Å². The van der Waals surface area contributed by atoms with Gasteiger partial charge in [0.15, 0.2) is 0 Å². The van der Waals surface area contributed by atoms with E-state index in [0.29, 0.717) is 22.9 Å². The van der Waals surface area contributed by atoms with Gasteiger partial charge in [-0.1, -0.05) is 43.6 Å². The van der Waals surface area contributed by atoms with Gasteiger partial charge in [0.05, 0.1) is 12.5 Å². The Labute approximate surface area is 119 Å². The molecule has 2 aromatic rings. The van der Waals surface area contributed by atoms with E-state index in [-0.39, 0.29) is 0 Å². The van der Waals surface area contributed by atoms with Crippen LogP contribution in [0, 0.1) is 11.3 Å². The van der Waals surface area contributed by atoms with E-state index in [9.17, 15) is 0 Å². The normalized spacial score (nSPS) is 8.95. The Kier molecular flexibility index (Phi) is 6.49. The summed E-state index contributed by atoms with van der Waals surface area (Å²) in [6, 6.07) is 16.8. The predicted octanol–water partition coefficient (Wildman–Crippen LogP) is 5.22. The molecule has 0 aromatic heterocycles. The summed E-state index contributed by atoms with van der Waals surface area (Å²) in [7, 11) is 0. The molecule has 2 aromatic carbocycles. The number of halogens is 1. The first-order chi connectivity index (χ1) is 9.29. The predicted molar refractivity (Wildman–Crippen MR) is 78.6 cm³/mol. The quantitative estimate of drug-likeness (QED) is 0.767. The number of para-hydroxylation sites is 1. The molecule has 0 bridgehead atoms. The molecule has 0 aliphatic rings. The zero-order valence-electron chi connectivity index (χ0n) is 11.1. The van der Waals surface area contributed by atoms with Crippen LogP contribution in [-0.2, 0) is 6.42 Å². The van der Waals surface area contributed by atoms with Crippen LogP contribution in [0.1, 0.15) is 19.4 Å². The highest BCUT2D eigenvalue weighted by Gasteiger charge is 2.03. The van der Waals surface area contributed by atoms with E-state index in [1.165, 1.54) is 0 Å². The summed E-state index contributed by atoms with van der Waals surface area (Å²) in [6.07, 6.45) is 0.337. The van der Waals surface area contributed by atoms with Crippen LogP contribution in [-0.4, -0.2) is 0 Å². The molecule has 0 N–H and O–H groups in total. The Morgan fingerprint density at radius 2 is 1.68 bits per heavy atom. The monoisotopic (exact) mass is 273 g/mol. The molecule has 0 aliphatic carbocycles. The molecule has 0 atom stereocenters. The Balaban J connectivity index is 0.000000861. The zero-order valence-corrected chi connectivity index (χ0v) is 11.8. The summed E-state index contributed by atoms with van der Waals surface area (Å²) in [5, 5.41) is 9.39. The van der Waals surface area contributed by atoms with Gasteiger partial charge in [0.2, 0.25) is 0 Å². The standard InChI is InChI=1S/C14H10ClNO.C2H6/c15-12-5-7-13(8-6-12)17-14-4-2-1-3-11(14)9-10-16;1-2/h1-8H,9H2;1-2H3. The van der Waals surface area contributed by atoms with E-state index < -0.39 is 0 Å². The maximum Gasteiger partial charge on any atom is 0.131 e. The first kappa shape index (κ1) is 15.1. The molecule has 0 radical (unpaired) electrons. The molecule has 0 saturated heterocycles. The van der Waals surface area contributed by atoms with Crippen LogP contribution in [0.15, 0.2) is 48.5 Å². The molecule has 0 spiro atoms. The summed E-state index contributed by atoms with van der Waals surface area (Å²) in [5.74, 6) is 1.41. The highest BCUT2D eigenvalue weighted by atomic mass is 35.5. The van der Waals surface area contributed by atoms with E-state index in [1.807, 2.05) is 38.1 Å². The van der Waals surface area contributed by atoms with Crippen LogP contribution in [0.5, 0.6) is 11.5 Å². The number of nitrogens with zero attached hydrogens (tertiary/aromatic N) is 1. The molecule has 2 rings (SSSR count). The van der Waals surface area contributed by atoms with E-state index >= 15 is 0 Å². The molecular formula is C16H16ClNO. The minimum atomic E-state index is 0.337. The zero-order chi connectivity index (χ0) is 14.1. The smallest absolute Gasteiger partial charge is 0.131 e. The molecular weight excluding hydrogens is 258 g/mol. The fourth-order valence-corrected chi connectivity index (χ4v) is 1.59. The molecule has 98 valence electrons. The van der Waals surface area contributed by atoms with Gasteiger partial charge in [-0.15, -0.1) is 0 Å². The third-order valence-electron chi connectivity index (χ3n) is 2.28. The third kappa shape index (κ3) is 4.65. The van der Waals surface area contributed by atoms with Crippen molar-refractivity contribution in [3.63, 3.8) is 0 Å². The molecule has 0 aliphatic heterocycles. The number of benzene rings is 2. The highest BCUT2D eigenvalue weighted by Crippen LogP contribution is 2.26. The second-order valence-electron chi connectivity index (χ2n) is 3.50. The summed E-state index contributed by atoms with van der Waals surface area (Å²) in [4.78, 5) is 0. The molecule has 0 saturated carbocycles. The second kappa shape index (κ2) is 8.18. The number of rotatable bonds is 3. The molecule has 3 heteroatoms. The first-order valence-corrected chi connectivity index (χ1v) is 6.55. The first-order valence-electron chi connectivity index (χ1n) is 6.18. The van der Waals surface area contributed by atoms with Crippen molar-refractivity contribution in [3.8, 4) is 17.6 Å². The summed E-state index contributed by atoms with van der Waals surface area (Å²) >= 11 is 5.80. The Morgan fingerprint density at radius 1 is 1.05 bits per heavy atom. The van der Waals surface area contributed by atoms with Gasteiger partial charge in [-0.25, -0.2) is 0 Å². The van der Waals surface area contributed by atoms with Crippen LogP contribution in [0.3, 0.4) is 0 Å². The average molecular weight is 274 g/mol. The number of hydrogen-bond donors (Lipinski definition) is 0. The summed E-state index contributed by atoms with van der Waals surface area (Å²) in [5.41, 5.74) is 0.880. The fourth-order valence-electron chi connectivity index (χ4n) is 1.46. The van der Waals surface area contributed by atoms with Gasteiger partial charge in [-0.3, -0.25) is 0 Å². The lowest BCUT2D eigenvalue weighted by Crippen LogP contribution is -1.90. The summed E-state index contributed by atoms with van der Waals surface area (Å²) < 4.78 is 5.71. The van der Waals surface area contributed by atoms with Crippen molar-refractivity contribution in [2.24, 2.45) is 0 Å². The molecule has 0 unspecified atom stereocenters. The minimum absolute atomic E-state index is 0.337. The average Bonchev–Trinajstić information content (AvgIpc) is 2.46. The Morgan fingerprint density at radius 3 is 2.32 bits per heavy atom. The fraction of sp³-hybridized carbons (Fsp3) is 0.188. The lowest BCUT2D eigenvalue weighted by Gasteiger charge is -2.08. The van der Waals surface area contributed by atoms with E-state index in [4.69, 9.17) is 21.6 Å². The molecule has 0 heterocycles. The Bertz CT molecular complexity index is 543. The van der Waals surface area contributed by atoms with E-state index in [1.54, 1.807) is 24.3 Å². The van der Waals surface area contributed by atoms with Crippen molar-refractivity contribution in [1.82, 2.24) is 0 Å². The highest BCUT2D eigenvalue weighted by molar-refractivity contribution is 6.30. The molecule has 19 heavy (non-hydrogen) atoms. The molecule has 2 nitrogen and oxygen atoms in total. The summed E-state index contributed by atoms with van der Waals surface area (Å²) in [6.45, 7) is 4.00. The maximum atomic E-state index is 8.72. The van der Waals surface area contributed by atoms with Gasteiger partial charge in [-0.05, 0) is 30.3 Å². The van der Waals surface area contributed by atoms with Crippen molar-refractivity contribution >= 4 is 11.6 Å². The largest absolute Gasteiger partial charge is 0.457 e. The van der Waals surface area contributed by atoms with Crippen LogP contribution < -0.4 is 4.74 Å². The van der Waals surface area contributed by atoms with Gasteiger partial charge in [-0.2, -0.15) is 5.26 Å². The number of hydrogen-bond acceptors (Lipinski definition) is 2. The van der Waals surface area contributed by atoms with Crippen molar-refractivity contribution in [1.29, 1.82) is 5.26 Å². The number of ether oxygens (including phenoxy) is 1. The van der Waals surface area contributed by atoms with Crippen LogP contribution in [0.4, 0.5) is 0 Å². The Hall–Kier alpha value is -1.98. The van der Waals surface area contributed by atoms with Gasteiger partial charge in [0.1, 0.15) is 11.5 Å². The SMILES string of the molecule is CC.N#CCc1ccccc1Oc1ccc(Cl)cc1. The van der Waals surface area contributed by atoms with Crippen LogP contribution >= 0.6 is 11.6 Å². The van der Waals surface area contributed by atoms with E-state index in [2.05, 4.69) is 6.07 Å². The van der Waals surface area contributed by atoms with E-state index in [0.717, 1.165) is 5.56 Å². The third-order valence-corrected chi connectivity index (χ3v) is 2.54.